The predicted molar refractivity (Wildman–Crippen MR) is 69.8 cm³/mol. The van der Waals surface area contributed by atoms with Gasteiger partial charge < -0.3 is 10.3 Å². The molecule has 4 heteroatoms. The van der Waals surface area contributed by atoms with Crippen molar-refractivity contribution in [3.8, 4) is 0 Å². The molecule has 1 unspecified atom stereocenters. The Balaban J connectivity index is 2.60. The molecule has 0 saturated carbocycles. The van der Waals surface area contributed by atoms with Gasteiger partial charge in [0, 0.05) is 25.2 Å². The van der Waals surface area contributed by atoms with Crippen LogP contribution in [-0.2, 0) is 6.54 Å². The normalized spacial score (nSPS) is 13.5. The fourth-order valence-corrected chi connectivity index (χ4v) is 2.25. The van der Waals surface area contributed by atoms with Gasteiger partial charge in [-0.05, 0) is 25.0 Å². The average Bonchev–Trinajstić information content (AvgIpc) is 2.67. The van der Waals surface area contributed by atoms with Crippen LogP contribution < -0.4 is 5.73 Å². The number of nitrogens with zero attached hydrogens (tertiary/aromatic N) is 3. The Bertz CT molecular complexity index is 501. The molecule has 0 saturated heterocycles. The Labute approximate surface area is 102 Å². The molecule has 2 heterocycles. The van der Waals surface area contributed by atoms with E-state index in [0.29, 0.717) is 18.4 Å². The van der Waals surface area contributed by atoms with Gasteiger partial charge in [-0.1, -0.05) is 13.8 Å². The van der Waals surface area contributed by atoms with Gasteiger partial charge in [0.15, 0.2) is 5.65 Å². The molecule has 2 rings (SSSR count). The van der Waals surface area contributed by atoms with Crippen molar-refractivity contribution in [2.45, 2.75) is 33.2 Å². The van der Waals surface area contributed by atoms with Crippen LogP contribution in [0.4, 0.5) is 0 Å². The maximum Gasteiger partial charge on any atom is 0.159 e. The molecule has 0 aliphatic heterocycles. The van der Waals surface area contributed by atoms with Crippen molar-refractivity contribution < 1.29 is 0 Å². The van der Waals surface area contributed by atoms with E-state index in [0.717, 1.165) is 23.5 Å². The molecule has 0 bridgehead atoms. The van der Waals surface area contributed by atoms with Crippen LogP contribution in [0.3, 0.4) is 0 Å². The van der Waals surface area contributed by atoms with Crippen LogP contribution in [0.2, 0.25) is 0 Å². The zero-order valence-corrected chi connectivity index (χ0v) is 10.7. The summed E-state index contributed by atoms with van der Waals surface area (Å²) in [6.07, 6.45) is 1.81. The lowest BCUT2D eigenvalue weighted by molar-refractivity contribution is 0.466. The number of hydrogen-bond donors (Lipinski definition) is 1. The summed E-state index contributed by atoms with van der Waals surface area (Å²) in [6, 6.07) is 3.93. The fourth-order valence-electron chi connectivity index (χ4n) is 2.25. The second-order valence-electron chi connectivity index (χ2n) is 4.65. The standard InChI is InChI=1S/C13H20N4/c1-4-17-12(10(8-14)9(2)3)16-11-6-5-7-15-13(11)17/h5-7,9-10H,4,8,14H2,1-3H3. The van der Waals surface area contributed by atoms with Crippen molar-refractivity contribution in [2.75, 3.05) is 6.54 Å². The molecule has 2 aromatic heterocycles. The first kappa shape index (κ1) is 12.0. The summed E-state index contributed by atoms with van der Waals surface area (Å²) in [6.45, 7) is 7.99. The minimum absolute atomic E-state index is 0.296. The van der Waals surface area contributed by atoms with Crippen molar-refractivity contribution >= 4 is 11.2 Å². The SMILES string of the molecule is CCn1c(C(CN)C(C)C)nc2cccnc21. The number of aromatic nitrogens is 3. The molecule has 17 heavy (non-hydrogen) atoms. The third-order valence-corrected chi connectivity index (χ3v) is 3.24. The Hall–Kier alpha value is -1.42. The van der Waals surface area contributed by atoms with Crippen molar-refractivity contribution in [1.29, 1.82) is 0 Å². The average molecular weight is 232 g/mol. The van der Waals surface area contributed by atoms with Gasteiger partial charge in [0.25, 0.3) is 0 Å². The molecule has 0 spiro atoms. The number of hydrogen-bond acceptors (Lipinski definition) is 3. The highest BCUT2D eigenvalue weighted by Gasteiger charge is 2.21. The van der Waals surface area contributed by atoms with Gasteiger partial charge in [0.05, 0.1) is 0 Å². The molecule has 0 aliphatic rings. The lowest BCUT2D eigenvalue weighted by Gasteiger charge is -2.19. The van der Waals surface area contributed by atoms with E-state index in [1.54, 1.807) is 0 Å². The Morgan fingerprint density at radius 2 is 2.18 bits per heavy atom. The van der Waals surface area contributed by atoms with Crippen molar-refractivity contribution in [3.05, 3.63) is 24.2 Å². The van der Waals surface area contributed by atoms with E-state index in [4.69, 9.17) is 10.7 Å². The highest BCUT2D eigenvalue weighted by atomic mass is 15.1. The lowest BCUT2D eigenvalue weighted by Crippen LogP contribution is -2.21. The minimum Gasteiger partial charge on any atom is -0.330 e. The van der Waals surface area contributed by atoms with E-state index in [9.17, 15) is 0 Å². The zero-order valence-electron chi connectivity index (χ0n) is 10.7. The summed E-state index contributed by atoms with van der Waals surface area (Å²) in [5, 5.41) is 0. The quantitative estimate of drug-likeness (QED) is 0.878. The van der Waals surface area contributed by atoms with Crippen LogP contribution in [0.1, 0.15) is 32.5 Å². The smallest absolute Gasteiger partial charge is 0.159 e. The molecular formula is C13H20N4. The number of fused-ring (bicyclic) bond motifs is 1. The molecular weight excluding hydrogens is 212 g/mol. The van der Waals surface area contributed by atoms with E-state index in [1.165, 1.54) is 0 Å². The molecule has 1 atom stereocenters. The van der Waals surface area contributed by atoms with Crippen molar-refractivity contribution in [1.82, 2.24) is 14.5 Å². The molecule has 0 aromatic carbocycles. The molecule has 0 radical (unpaired) electrons. The maximum atomic E-state index is 5.88. The summed E-state index contributed by atoms with van der Waals surface area (Å²) in [5.74, 6) is 1.85. The first-order valence-electron chi connectivity index (χ1n) is 6.20. The summed E-state index contributed by atoms with van der Waals surface area (Å²) in [4.78, 5) is 9.10. The number of nitrogens with two attached hydrogens (primary N) is 1. The monoisotopic (exact) mass is 232 g/mol. The second-order valence-corrected chi connectivity index (χ2v) is 4.65. The molecule has 2 N–H and O–H groups in total. The van der Waals surface area contributed by atoms with E-state index < -0.39 is 0 Å². The van der Waals surface area contributed by atoms with Gasteiger partial charge in [0.2, 0.25) is 0 Å². The highest BCUT2D eigenvalue weighted by molar-refractivity contribution is 5.71. The summed E-state index contributed by atoms with van der Waals surface area (Å²) < 4.78 is 2.17. The Morgan fingerprint density at radius 3 is 2.76 bits per heavy atom. The predicted octanol–water partition coefficient (Wildman–Crippen LogP) is 2.15. The maximum absolute atomic E-state index is 5.88. The van der Waals surface area contributed by atoms with Gasteiger partial charge in [-0.2, -0.15) is 0 Å². The summed E-state index contributed by atoms with van der Waals surface area (Å²) in [7, 11) is 0. The molecule has 0 aliphatic carbocycles. The van der Waals surface area contributed by atoms with Crippen LogP contribution in [0.25, 0.3) is 11.2 Å². The van der Waals surface area contributed by atoms with E-state index >= 15 is 0 Å². The van der Waals surface area contributed by atoms with Crippen LogP contribution in [0.5, 0.6) is 0 Å². The largest absolute Gasteiger partial charge is 0.330 e. The van der Waals surface area contributed by atoms with Crippen molar-refractivity contribution in [3.63, 3.8) is 0 Å². The van der Waals surface area contributed by atoms with Crippen LogP contribution in [0.15, 0.2) is 18.3 Å². The first-order chi connectivity index (χ1) is 8.19. The number of aryl methyl sites for hydroxylation is 1. The summed E-state index contributed by atoms with van der Waals surface area (Å²) >= 11 is 0. The van der Waals surface area contributed by atoms with E-state index in [1.807, 2.05) is 18.3 Å². The lowest BCUT2D eigenvalue weighted by atomic mass is 9.95. The topological polar surface area (TPSA) is 56.7 Å². The molecule has 92 valence electrons. The summed E-state index contributed by atoms with van der Waals surface area (Å²) in [5.41, 5.74) is 7.80. The van der Waals surface area contributed by atoms with Gasteiger partial charge in [0.1, 0.15) is 11.3 Å². The van der Waals surface area contributed by atoms with Crippen LogP contribution in [0, 0.1) is 5.92 Å². The van der Waals surface area contributed by atoms with Crippen LogP contribution in [-0.4, -0.2) is 21.1 Å². The molecule has 2 aromatic rings. The Kier molecular flexibility index (Phi) is 3.43. The van der Waals surface area contributed by atoms with Gasteiger partial charge in [-0.25, -0.2) is 9.97 Å². The number of pyridine rings is 1. The highest BCUT2D eigenvalue weighted by Crippen LogP contribution is 2.25. The second kappa shape index (κ2) is 4.84. The molecule has 4 nitrogen and oxygen atoms in total. The van der Waals surface area contributed by atoms with E-state index in [2.05, 4.69) is 30.3 Å². The van der Waals surface area contributed by atoms with Gasteiger partial charge in [-0.3, -0.25) is 0 Å². The van der Waals surface area contributed by atoms with Crippen LogP contribution >= 0.6 is 0 Å². The number of rotatable bonds is 4. The third kappa shape index (κ3) is 2.05. The Morgan fingerprint density at radius 1 is 1.41 bits per heavy atom. The van der Waals surface area contributed by atoms with Gasteiger partial charge >= 0.3 is 0 Å². The fraction of sp³-hybridized carbons (Fsp3) is 0.538. The van der Waals surface area contributed by atoms with Crippen molar-refractivity contribution in [2.24, 2.45) is 11.7 Å². The minimum atomic E-state index is 0.296. The third-order valence-electron chi connectivity index (χ3n) is 3.24. The zero-order chi connectivity index (χ0) is 12.4. The van der Waals surface area contributed by atoms with Gasteiger partial charge in [-0.15, -0.1) is 0 Å². The first-order valence-corrected chi connectivity index (χ1v) is 6.20. The molecule has 0 amide bonds. The molecule has 0 fully saturated rings. The number of imidazole rings is 1. The van der Waals surface area contributed by atoms with E-state index in [-0.39, 0.29) is 0 Å².